The molecule has 0 aliphatic rings. The number of hydrogen-bond donors (Lipinski definition) is 1. The molecule has 0 saturated carbocycles. The molecule has 0 aromatic rings. The molecule has 40 heavy (non-hydrogen) atoms. The Morgan fingerprint density at radius 2 is 0.600 bits per heavy atom. The van der Waals surface area contributed by atoms with E-state index in [1.165, 1.54) is 148 Å². The molecule has 0 rings (SSSR count). The number of imide groups is 1. The number of unbranched alkanes of at least 4 members (excludes halogenated alkanes) is 27. The second kappa shape index (κ2) is 32.3. The average molecular weight is 564 g/mol. The van der Waals surface area contributed by atoms with E-state index in [0.29, 0.717) is 6.42 Å². The van der Waals surface area contributed by atoms with Crippen LogP contribution in [0.25, 0.3) is 0 Å². The quantitative estimate of drug-likeness (QED) is 0.0654. The van der Waals surface area contributed by atoms with Crippen molar-refractivity contribution in [1.82, 2.24) is 5.32 Å². The van der Waals surface area contributed by atoms with E-state index in [4.69, 9.17) is 0 Å². The van der Waals surface area contributed by atoms with Crippen molar-refractivity contribution in [2.24, 2.45) is 0 Å². The minimum Gasteiger partial charge on any atom is -0.290 e. The molecule has 4 heteroatoms. The Balaban J connectivity index is 3.41. The minimum atomic E-state index is -0.708. The third-order valence-corrected chi connectivity index (χ3v) is 8.27. The van der Waals surface area contributed by atoms with Crippen LogP contribution in [-0.2, 0) is 14.4 Å². The van der Waals surface area contributed by atoms with Crippen molar-refractivity contribution in [2.45, 2.75) is 213 Å². The Kier molecular flexibility index (Phi) is 31.4. The van der Waals surface area contributed by atoms with Crippen molar-refractivity contribution in [3.63, 3.8) is 0 Å². The fourth-order valence-corrected chi connectivity index (χ4v) is 5.51. The molecule has 0 aromatic heterocycles. The predicted molar refractivity (Wildman–Crippen MR) is 173 cm³/mol. The molecule has 0 fully saturated rings. The lowest BCUT2D eigenvalue weighted by Crippen LogP contribution is -2.35. The van der Waals surface area contributed by atoms with Crippen LogP contribution in [0.5, 0.6) is 0 Å². The molecular weight excluding hydrogens is 494 g/mol. The summed E-state index contributed by atoms with van der Waals surface area (Å²) in [6.07, 6.45) is 37.6. The number of amides is 2. The Bertz CT molecular complexity index is 574. The van der Waals surface area contributed by atoms with E-state index in [9.17, 15) is 14.4 Å². The molecule has 0 saturated heterocycles. The molecule has 0 radical (unpaired) electrons. The molecule has 0 aromatic carbocycles. The lowest BCUT2D eigenvalue weighted by Gasteiger charge is -2.05. The monoisotopic (exact) mass is 564 g/mol. The van der Waals surface area contributed by atoms with E-state index in [0.717, 1.165) is 38.5 Å². The van der Waals surface area contributed by atoms with E-state index in [1.54, 1.807) is 0 Å². The highest BCUT2D eigenvalue weighted by atomic mass is 16.2. The Morgan fingerprint density at radius 3 is 0.900 bits per heavy atom. The summed E-state index contributed by atoms with van der Waals surface area (Å²) >= 11 is 0. The first-order valence-electron chi connectivity index (χ1n) is 18.0. The van der Waals surface area contributed by atoms with Gasteiger partial charge in [-0.05, 0) is 12.8 Å². The van der Waals surface area contributed by atoms with E-state index in [1.807, 2.05) is 0 Å². The second-order valence-corrected chi connectivity index (χ2v) is 12.3. The molecule has 0 heterocycles. The smallest absolute Gasteiger partial charge is 0.290 e. The lowest BCUT2D eigenvalue weighted by molar-refractivity contribution is -0.141. The van der Waals surface area contributed by atoms with E-state index in [2.05, 4.69) is 19.2 Å². The van der Waals surface area contributed by atoms with Gasteiger partial charge in [-0.15, -0.1) is 0 Å². The van der Waals surface area contributed by atoms with E-state index in [-0.39, 0.29) is 12.3 Å². The topological polar surface area (TPSA) is 63.2 Å². The first-order valence-corrected chi connectivity index (χ1v) is 18.0. The zero-order valence-corrected chi connectivity index (χ0v) is 27.1. The zero-order chi connectivity index (χ0) is 29.4. The summed E-state index contributed by atoms with van der Waals surface area (Å²) in [7, 11) is 0. The normalized spacial score (nSPS) is 11.2. The van der Waals surface area contributed by atoms with Crippen LogP contribution < -0.4 is 5.32 Å². The van der Waals surface area contributed by atoms with Crippen LogP contribution in [0.1, 0.15) is 213 Å². The molecule has 0 bridgehead atoms. The van der Waals surface area contributed by atoms with Gasteiger partial charge in [-0.1, -0.05) is 187 Å². The van der Waals surface area contributed by atoms with Gasteiger partial charge in [0.15, 0.2) is 0 Å². The van der Waals surface area contributed by atoms with Gasteiger partial charge in [0.25, 0.3) is 5.91 Å². The number of rotatable bonds is 32. The molecule has 0 aliphatic heterocycles. The number of carbonyl (C=O) groups is 3. The molecule has 0 spiro atoms. The highest BCUT2D eigenvalue weighted by Crippen LogP contribution is 2.15. The van der Waals surface area contributed by atoms with Gasteiger partial charge in [-0.25, -0.2) is 0 Å². The Morgan fingerprint density at radius 1 is 0.350 bits per heavy atom. The van der Waals surface area contributed by atoms with Crippen LogP contribution in [-0.4, -0.2) is 17.6 Å². The largest absolute Gasteiger partial charge is 0.293 e. The van der Waals surface area contributed by atoms with E-state index < -0.39 is 11.7 Å². The maximum absolute atomic E-state index is 12.1. The summed E-state index contributed by atoms with van der Waals surface area (Å²) < 4.78 is 0. The molecule has 0 aliphatic carbocycles. The minimum absolute atomic E-state index is 0.260. The summed E-state index contributed by atoms with van der Waals surface area (Å²) in [6.45, 7) is 4.53. The molecular formula is C36H69NO3. The molecule has 0 unspecified atom stereocenters. The van der Waals surface area contributed by atoms with Gasteiger partial charge in [-0.3, -0.25) is 19.7 Å². The number of carbonyl (C=O) groups excluding carboxylic acids is 3. The number of ketones is 1. The third-order valence-electron chi connectivity index (χ3n) is 8.27. The van der Waals surface area contributed by atoms with Gasteiger partial charge in [0, 0.05) is 12.8 Å². The number of Topliss-reactive ketones (excluding diaryl/α,β-unsaturated/α-hetero) is 1. The van der Waals surface area contributed by atoms with Crippen LogP contribution in [0.3, 0.4) is 0 Å². The van der Waals surface area contributed by atoms with Crippen LogP contribution in [0.15, 0.2) is 0 Å². The van der Waals surface area contributed by atoms with Gasteiger partial charge >= 0.3 is 0 Å². The van der Waals surface area contributed by atoms with Gasteiger partial charge < -0.3 is 0 Å². The van der Waals surface area contributed by atoms with Gasteiger partial charge in [0.2, 0.25) is 11.7 Å². The Labute approximate surface area is 250 Å². The fourth-order valence-electron chi connectivity index (χ4n) is 5.51. The van der Waals surface area contributed by atoms with Crippen LogP contribution in [0.4, 0.5) is 0 Å². The highest BCUT2D eigenvalue weighted by Gasteiger charge is 2.15. The maximum atomic E-state index is 12.1. The van der Waals surface area contributed by atoms with Crippen molar-refractivity contribution >= 4 is 17.6 Å². The third kappa shape index (κ3) is 29.8. The summed E-state index contributed by atoms with van der Waals surface area (Å²) in [5.41, 5.74) is 0. The van der Waals surface area contributed by atoms with E-state index >= 15 is 0 Å². The standard InChI is InChI=1S/C36H69NO3/c1-3-5-7-9-11-13-15-17-18-19-21-22-24-26-28-30-32-34(38)36(40)37-35(39)33-31-29-27-25-23-20-16-14-12-10-8-6-4-2/h3-33H2,1-2H3,(H,37,39,40). The maximum Gasteiger partial charge on any atom is 0.293 e. The van der Waals surface area contributed by atoms with Crippen molar-refractivity contribution in [3.05, 3.63) is 0 Å². The first-order chi connectivity index (χ1) is 19.6. The summed E-state index contributed by atoms with van der Waals surface area (Å²) in [6, 6.07) is 0. The summed E-state index contributed by atoms with van der Waals surface area (Å²) in [5, 5.41) is 2.30. The highest BCUT2D eigenvalue weighted by molar-refractivity contribution is 6.38. The predicted octanol–water partition coefficient (Wildman–Crippen LogP) is 11.3. The number of hydrogen-bond acceptors (Lipinski definition) is 3. The van der Waals surface area contributed by atoms with Crippen LogP contribution >= 0.6 is 0 Å². The zero-order valence-electron chi connectivity index (χ0n) is 27.1. The number of nitrogens with one attached hydrogen (secondary N) is 1. The Hall–Kier alpha value is -1.19. The molecule has 2 amide bonds. The molecule has 1 N–H and O–H groups in total. The second-order valence-electron chi connectivity index (χ2n) is 12.3. The summed E-state index contributed by atoms with van der Waals surface area (Å²) in [5.74, 6) is -1.45. The van der Waals surface area contributed by atoms with Crippen molar-refractivity contribution in [3.8, 4) is 0 Å². The fraction of sp³-hybridized carbons (Fsp3) is 0.917. The van der Waals surface area contributed by atoms with Gasteiger partial charge in [0.05, 0.1) is 0 Å². The molecule has 4 nitrogen and oxygen atoms in total. The SMILES string of the molecule is CCCCCCCCCCCCCCCCCCC(=O)C(=O)NC(=O)CCCCCCCCCCCCCCC. The molecule has 0 atom stereocenters. The van der Waals surface area contributed by atoms with Crippen molar-refractivity contribution < 1.29 is 14.4 Å². The van der Waals surface area contributed by atoms with Gasteiger partial charge in [-0.2, -0.15) is 0 Å². The average Bonchev–Trinajstić information content (AvgIpc) is 2.95. The van der Waals surface area contributed by atoms with Crippen LogP contribution in [0.2, 0.25) is 0 Å². The van der Waals surface area contributed by atoms with Crippen molar-refractivity contribution in [2.75, 3.05) is 0 Å². The lowest BCUT2D eigenvalue weighted by atomic mass is 10.0. The van der Waals surface area contributed by atoms with Crippen LogP contribution in [0, 0.1) is 0 Å². The first kappa shape index (κ1) is 38.8. The van der Waals surface area contributed by atoms with Crippen molar-refractivity contribution in [1.29, 1.82) is 0 Å². The summed E-state index contributed by atoms with van der Waals surface area (Å²) in [4.78, 5) is 36.0. The van der Waals surface area contributed by atoms with Gasteiger partial charge in [0.1, 0.15) is 0 Å². The molecule has 236 valence electrons.